The summed E-state index contributed by atoms with van der Waals surface area (Å²) in [5.74, 6) is -0.977. The predicted molar refractivity (Wildman–Crippen MR) is 139 cm³/mol. The molecule has 2 amide bonds. The van der Waals surface area contributed by atoms with Gasteiger partial charge in [-0.2, -0.15) is 5.06 Å². The van der Waals surface area contributed by atoms with E-state index in [0.717, 1.165) is 27.8 Å². The number of nitrogens with zero attached hydrogens (tertiary/aromatic N) is 7. The molecule has 3 heterocycles. The smallest absolute Gasteiger partial charge is 0.257 e. The summed E-state index contributed by atoms with van der Waals surface area (Å²) >= 11 is 0. The van der Waals surface area contributed by atoms with Crippen molar-refractivity contribution in [2.75, 3.05) is 0 Å². The van der Waals surface area contributed by atoms with E-state index >= 15 is 0 Å². The van der Waals surface area contributed by atoms with Crippen LogP contribution in [0.3, 0.4) is 0 Å². The van der Waals surface area contributed by atoms with Crippen molar-refractivity contribution >= 4 is 11.8 Å². The number of aromatic nitrogens is 6. The Balaban J connectivity index is 0.000000497. The minimum atomic E-state index is -0.258. The van der Waals surface area contributed by atoms with Crippen LogP contribution in [0.25, 0.3) is 0 Å². The highest BCUT2D eigenvalue weighted by molar-refractivity contribution is 6.03. The Kier molecular flexibility index (Phi) is 14.1. The SMILES string of the molecule is CC.CC(C)ON1C(=O)C(C)C(C)C1=O.Cc1nnn(C(C)C)c1C.Cc1nnn(OC(C)C)c1C. The van der Waals surface area contributed by atoms with Gasteiger partial charge < -0.3 is 4.84 Å². The van der Waals surface area contributed by atoms with E-state index in [-0.39, 0.29) is 35.9 Å². The molecule has 2 aromatic rings. The highest BCUT2D eigenvalue weighted by Crippen LogP contribution is 2.25. The van der Waals surface area contributed by atoms with E-state index in [9.17, 15) is 9.59 Å². The van der Waals surface area contributed by atoms with Crippen molar-refractivity contribution in [2.24, 2.45) is 11.8 Å². The van der Waals surface area contributed by atoms with Gasteiger partial charge in [0.15, 0.2) is 0 Å². The molecule has 0 radical (unpaired) electrons. The van der Waals surface area contributed by atoms with Gasteiger partial charge in [-0.25, -0.2) is 4.68 Å². The van der Waals surface area contributed by atoms with Crippen molar-refractivity contribution in [1.29, 1.82) is 0 Å². The molecule has 0 saturated carbocycles. The van der Waals surface area contributed by atoms with Gasteiger partial charge in [0, 0.05) is 17.9 Å². The van der Waals surface area contributed by atoms with Gasteiger partial charge >= 0.3 is 0 Å². The van der Waals surface area contributed by atoms with Gasteiger partial charge in [0.05, 0.1) is 23.2 Å². The Bertz CT molecular complexity index is 930. The lowest BCUT2D eigenvalue weighted by Gasteiger charge is -2.16. The van der Waals surface area contributed by atoms with Gasteiger partial charge in [-0.15, -0.1) is 10.2 Å². The first kappa shape index (κ1) is 33.2. The topological polar surface area (TPSA) is 117 Å². The third-order valence-corrected chi connectivity index (χ3v) is 5.29. The summed E-state index contributed by atoms with van der Waals surface area (Å²) in [6.45, 7) is 27.0. The molecule has 11 heteroatoms. The molecule has 11 nitrogen and oxygen atoms in total. The Hall–Kier alpha value is -2.82. The van der Waals surface area contributed by atoms with Crippen LogP contribution in [0.15, 0.2) is 0 Å². The van der Waals surface area contributed by atoms with Gasteiger partial charge in [0.2, 0.25) is 0 Å². The van der Waals surface area contributed by atoms with Crippen LogP contribution in [0.1, 0.15) is 98.1 Å². The molecule has 206 valence electrons. The summed E-state index contributed by atoms with van der Waals surface area (Å²) in [6, 6.07) is 0.418. The van der Waals surface area contributed by atoms with Crippen molar-refractivity contribution in [1.82, 2.24) is 35.2 Å². The van der Waals surface area contributed by atoms with Crippen molar-refractivity contribution < 1.29 is 19.3 Å². The van der Waals surface area contributed by atoms with Crippen LogP contribution in [0, 0.1) is 39.5 Å². The summed E-state index contributed by atoms with van der Waals surface area (Å²) in [7, 11) is 0. The summed E-state index contributed by atoms with van der Waals surface area (Å²) in [5.41, 5.74) is 4.05. The Morgan fingerprint density at radius 3 is 1.39 bits per heavy atom. The van der Waals surface area contributed by atoms with E-state index in [1.54, 1.807) is 27.7 Å². The lowest BCUT2D eigenvalue weighted by molar-refractivity contribution is -0.199. The Labute approximate surface area is 216 Å². The number of imide groups is 1. The molecule has 1 fully saturated rings. The normalized spacial score (nSPS) is 17.0. The molecule has 3 rings (SSSR count). The molecule has 0 spiro atoms. The maximum atomic E-state index is 11.4. The summed E-state index contributed by atoms with van der Waals surface area (Å²) in [5, 5.41) is 16.5. The van der Waals surface area contributed by atoms with Gasteiger partial charge in [-0.05, 0) is 74.5 Å². The zero-order valence-electron chi connectivity index (χ0n) is 24.7. The minimum Gasteiger partial charge on any atom is -0.393 e. The quantitative estimate of drug-likeness (QED) is 0.550. The highest BCUT2D eigenvalue weighted by Gasteiger charge is 2.43. The minimum absolute atomic E-state index is 0.134. The lowest BCUT2D eigenvalue weighted by Crippen LogP contribution is -2.33. The molecule has 0 aromatic carbocycles. The fraction of sp³-hybridized carbons (Fsp3) is 0.760. The van der Waals surface area contributed by atoms with E-state index in [1.165, 1.54) is 4.85 Å². The maximum Gasteiger partial charge on any atom is 0.257 e. The standard InChI is InChI=1S/C9H15NO3.C7H13N3O.C7H13N3.C2H6/c1-5(2)13-10-8(11)6(3)7(4)9(10)12;1-5(2)11-10-7(4)6(3)8-9-10;1-5(2)10-7(4)6(3)8-9-10;1-2/h5-7H,1-4H3;5H,1-4H3;5H,1-4H3;1-2H3. The second-order valence-electron chi connectivity index (χ2n) is 9.29. The third kappa shape index (κ3) is 9.33. The molecule has 0 aliphatic carbocycles. The zero-order chi connectivity index (χ0) is 28.3. The molecule has 1 aliphatic heterocycles. The van der Waals surface area contributed by atoms with Crippen LogP contribution in [0.4, 0.5) is 0 Å². The lowest BCUT2D eigenvalue weighted by atomic mass is 10.00. The molecular weight excluding hydrogens is 462 g/mol. The van der Waals surface area contributed by atoms with Crippen LogP contribution in [0.5, 0.6) is 0 Å². The van der Waals surface area contributed by atoms with Crippen molar-refractivity contribution in [3.63, 3.8) is 0 Å². The van der Waals surface area contributed by atoms with Crippen molar-refractivity contribution in [3.05, 3.63) is 22.8 Å². The molecule has 0 bridgehead atoms. The Morgan fingerprint density at radius 1 is 0.694 bits per heavy atom. The second-order valence-corrected chi connectivity index (χ2v) is 9.29. The van der Waals surface area contributed by atoms with Crippen LogP contribution >= 0.6 is 0 Å². The summed E-state index contributed by atoms with van der Waals surface area (Å²) < 4.78 is 1.93. The number of amides is 2. The van der Waals surface area contributed by atoms with Gasteiger partial charge in [0.1, 0.15) is 11.8 Å². The van der Waals surface area contributed by atoms with Crippen LogP contribution in [-0.4, -0.2) is 59.2 Å². The first-order valence-corrected chi connectivity index (χ1v) is 12.7. The van der Waals surface area contributed by atoms with E-state index in [4.69, 9.17) is 9.68 Å². The van der Waals surface area contributed by atoms with E-state index in [2.05, 4.69) is 34.5 Å². The Morgan fingerprint density at radius 2 is 1.11 bits per heavy atom. The average Bonchev–Trinajstić information content (AvgIpc) is 3.38. The fourth-order valence-corrected chi connectivity index (χ4v) is 2.82. The van der Waals surface area contributed by atoms with E-state index in [1.807, 2.05) is 60.1 Å². The zero-order valence-corrected chi connectivity index (χ0v) is 24.7. The van der Waals surface area contributed by atoms with Crippen molar-refractivity contribution in [2.45, 2.75) is 115 Å². The molecule has 2 unspecified atom stereocenters. The third-order valence-electron chi connectivity index (χ3n) is 5.29. The molecule has 36 heavy (non-hydrogen) atoms. The summed E-state index contributed by atoms with van der Waals surface area (Å²) in [6.07, 6.45) is -0.0137. The number of hydrogen-bond donors (Lipinski definition) is 0. The van der Waals surface area contributed by atoms with Crippen LogP contribution in [0.2, 0.25) is 0 Å². The first-order chi connectivity index (χ1) is 16.7. The number of rotatable bonds is 5. The number of hydrogen-bond acceptors (Lipinski definition) is 8. The first-order valence-electron chi connectivity index (χ1n) is 12.7. The number of hydroxylamine groups is 2. The summed E-state index contributed by atoms with van der Waals surface area (Å²) in [4.78, 5) is 34.8. The molecule has 1 aliphatic rings. The molecule has 2 aromatic heterocycles. The monoisotopic (exact) mass is 509 g/mol. The number of carbonyl (C=O) groups is 2. The van der Waals surface area contributed by atoms with Gasteiger partial charge in [-0.3, -0.25) is 14.4 Å². The molecule has 0 N–H and O–H groups in total. The van der Waals surface area contributed by atoms with E-state index in [0.29, 0.717) is 6.04 Å². The highest BCUT2D eigenvalue weighted by atomic mass is 16.7. The van der Waals surface area contributed by atoms with Gasteiger partial charge in [-0.1, -0.05) is 37.8 Å². The van der Waals surface area contributed by atoms with Crippen molar-refractivity contribution in [3.8, 4) is 0 Å². The largest absolute Gasteiger partial charge is 0.393 e. The number of carbonyl (C=O) groups excluding carboxylic acids is 2. The van der Waals surface area contributed by atoms with Crippen LogP contribution < -0.4 is 4.84 Å². The second kappa shape index (κ2) is 15.3. The molecule has 2 atom stereocenters. The average molecular weight is 510 g/mol. The van der Waals surface area contributed by atoms with Gasteiger partial charge in [0.25, 0.3) is 11.8 Å². The van der Waals surface area contributed by atoms with Crippen LogP contribution in [-0.2, 0) is 14.4 Å². The number of aryl methyl sites for hydroxylation is 2. The maximum absolute atomic E-state index is 11.4. The molecular formula is C25H47N7O4. The molecule has 1 saturated heterocycles. The predicted octanol–water partition coefficient (Wildman–Crippen LogP) is 4.20. The fourth-order valence-electron chi connectivity index (χ4n) is 2.82. The van der Waals surface area contributed by atoms with E-state index < -0.39 is 0 Å².